The molecule has 0 aromatic heterocycles. The van der Waals surface area contributed by atoms with Gasteiger partial charge in [-0.2, -0.15) is 0 Å². The molecule has 2 unspecified atom stereocenters. The molecule has 28 heavy (non-hydrogen) atoms. The van der Waals surface area contributed by atoms with Crippen molar-refractivity contribution in [3.8, 4) is 0 Å². The first-order chi connectivity index (χ1) is 13.3. The third-order valence-electron chi connectivity index (χ3n) is 5.27. The van der Waals surface area contributed by atoms with Crippen molar-refractivity contribution in [1.82, 2.24) is 10.6 Å². The largest absolute Gasteiger partial charge is 0.347 e. The maximum atomic E-state index is 12.7. The number of aryl methyl sites for hydroxylation is 2. The predicted molar refractivity (Wildman–Crippen MR) is 119 cm³/mol. The average Bonchev–Trinajstić information content (AvgIpc) is 2.67. The van der Waals surface area contributed by atoms with Gasteiger partial charge in [-0.1, -0.05) is 56.8 Å². The van der Waals surface area contributed by atoms with Crippen molar-refractivity contribution in [2.24, 2.45) is 0 Å². The number of hydrogen-bond acceptors (Lipinski definition) is 2. The lowest BCUT2D eigenvalue weighted by atomic mass is 9.89. The Kier molecular flexibility index (Phi) is 6.94. The summed E-state index contributed by atoms with van der Waals surface area (Å²) in [5, 5.41) is 6.25. The lowest BCUT2D eigenvalue weighted by molar-refractivity contribution is 0.0862. The van der Waals surface area contributed by atoms with Crippen molar-refractivity contribution in [2.75, 3.05) is 0 Å². The maximum absolute atomic E-state index is 12.7. The van der Waals surface area contributed by atoms with E-state index in [0.29, 0.717) is 11.1 Å². The molecule has 2 aromatic rings. The molecular weight excluding hydrogens is 484 g/mol. The van der Waals surface area contributed by atoms with Crippen LogP contribution in [0.5, 0.6) is 0 Å². The number of nitrogens with one attached hydrogen (secondary N) is 2. The van der Waals surface area contributed by atoms with Crippen LogP contribution in [-0.4, -0.2) is 23.9 Å². The molecule has 2 aromatic carbocycles. The Morgan fingerprint density at radius 3 is 1.54 bits per heavy atom. The SMILES string of the molecule is Cc1ccc(C(=O)NC2CCCCC2NC(=O)c2ccc(C)c(Br)c2)cc1Br. The van der Waals surface area contributed by atoms with Gasteiger partial charge in [-0.3, -0.25) is 9.59 Å². The van der Waals surface area contributed by atoms with Crippen LogP contribution in [0.15, 0.2) is 45.3 Å². The van der Waals surface area contributed by atoms with Crippen molar-refractivity contribution in [1.29, 1.82) is 0 Å². The summed E-state index contributed by atoms with van der Waals surface area (Å²) in [4.78, 5) is 25.4. The number of halogens is 2. The summed E-state index contributed by atoms with van der Waals surface area (Å²) in [6.45, 7) is 3.98. The summed E-state index contributed by atoms with van der Waals surface area (Å²) in [5.74, 6) is -0.213. The molecular formula is C22H24Br2N2O2. The summed E-state index contributed by atoms with van der Waals surface area (Å²) < 4.78 is 1.83. The smallest absolute Gasteiger partial charge is 0.251 e. The maximum Gasteiger partial charge on any atom is 0.251 e. The number of hydrogen-bond donors (Lipinski definition) is 2. The highest BCUT2D eigenvalue weighted by Crippen LogP contribution is 2.22. The number of benzene rings is 2. The fourth-order valence-corrected chi connectivity index (χ4v) is 4.21. The molecule has 4 nitrogen and oxygen atoms in total. The minimum absolute atomic E-state index is 0.0702. The highest BCUT2D eigenvalue weighted by Gasteiger charge is 2.28. The molecule has 1 aliphatic carbocycles. The summed E-state index contributed by atoms with van der Waals surface area (Å²) in [7, 11) is 0. The average molecular weight is 508 g/mol. The first-order valence-electron chi connectivity index (χ1n) is 9.49. The van der Waals surface area contributed by atoms with Crippen LogP contribution in [0.1, 0.15) is 57.5 Å². The number of rotatable bonds is 4. The second-order valence-electron chi connectivity index (χ2n) is 7.37. The van der Waals surface area contributed by atoms with Gasteiger partial charge in [0.25, 0.3) is 11.8 Å². The fourth-order valence-electron chi connectivity index (χ4n) is 3.45. The molecule has 0 saturated heterocycles. The Morgan fingerprint density at radius 2 is 1.18 bits per heavy atom. The van der Waals surface area contributed by atoms with Gasteiger partial charge in [0.1, 0.15) is 0 Å². The van der Waals surface area contributed by atoms with Gasteiger partial charge in [-0.15, -0.1) is 0 Å². The van der Waals surface area contributed by atoms with E-state index in [2.05, 4.69) is 42.5 Å². The first-order valence-corrected chi connectivity index (χ1v) is 11.1. The quantitative estimate of drug-likeness (QED) is 0.589. The summed E-state index contributed by atoms with van der Waals surface area (Å²) >= 11 is 6.96. The van der Waals surface area contributed by atoms with E-state index in [-0.39, 0.29) is 23.9 Å². The summed E-state index contributed by atoms with van der Waals surface area (Å²) in [6, 6.07) is 11.0. The highest BCUT2D eigenvalue weighted by molar-refractivity contribution is 9.10. The molecule has 6 heteroatoms. The molecule has 0 bridgehead atoms. The molecule has 0 spiro atoms. The van der Waals surface area contributed by atoms with E-state index >= 15 is 0 Å². The van der Waals surface area contributed by atoms with Crippen molar-refractivity contribution in [3.63, 3.8) is 0 Å². The topological polar surface area (TPSA) is 58.2 Å². The Labute approximate surface area is 182 Å². The van der Waals surface area contributed by atoms with Gasteiger partial charge in [0, 0.05) is 32.2 Å². The van der Waals surface area contributed by atoms with Crippen molar-refractivity contribution < 1.29 is 9.59 Å². The first kappa shape index (κ1) is 21.1. The van der Waals surface area contributed by atoms with Crippen LogP contribution < -0.4 is 10.6 Å². The predicted octanol–water partition coefficient (Wildman–Crippen LogP) is 5.30. The van der Waals surface area contributed by atoms with Gasteiger partial charge in [-0.25, -0.2) is 0 Å². The van der Waals surface area contributed by atoms with E-state index in [1.165, 1.54) is 0 Å². The Hall–Kier alpha value is -1.66. The van der Waals surface area contributed by atoms with Crippen LogP contribution in [0, 0.1) is 13.8 Å². The molecule has 0 aliphatic heterocycles. The zero-order valence-electron chi connectivity index (χ0n) is 16.0. The number of amides is 2. The van der Waals surface area contributed by atoms with E-state index in [0.717, 1.165) is 45.8 Å². The molecule has 3 rings (SSSR count). The highest BCUT2D eigenvalue weighted by atomic mass is 79.9. The number of carbonyl (C=O) groups excluding carboxylic acids is 2. The van der Waals surface area contributed by atoms with E-state index in [4.69, 9.17) is 0 Å². The Balaban J connectivity index is 1.69. The molecule has 148 valence electrons. The monoisotopic (exact) mass is 506 g/mol. The van der Waals surface area contributed by atoms with Crippen LogP contribution in [0.25, 0.3) is 0 Å². The molecule has 2 amide bonds. The van der Waals surface area contributed by atoms with Gasteiger partial charge in [0.2, 0.25) is 0 Å². The molecule has 1 aliphatic rings. The normalized spacial score (nSPS) is 19.1. The minimum atomic E-state index is -0.107. The van der Waals surface area contributed by atoms with Crippen molar-refractivity contribution in [3.05, 3.63) is 67.6 Å². The minimum Gasteiger partial charge on any atom is -0.347 e. The third kappa shape index (κ3) is 5.03. The van der Waals surface area contributed by atoms with Crippen LogP contribution in [0.2, 0.25) is 0 Å². The molecule has 1 fully saturated rings. The molecule has 2 atom stereocenters. The van der Waals surface area contributed by atoms with Crippen LogP contribution >= 0.6 is 31.9 Å². The Bertz CT molecular complexity index is 825. The lowest BCUT2D eigenvalue weighted by Gasteiger charge is -2.33. The summed E-state index contributed by atoms with van der Waals surface area (Å²) in [5.41, 5.74) is 3.42. The van der Waals surface area contributed by atoms with Gasteiger partial charge >= 0.3 is 0 Å². The third-order valence-corrected chi connectivity index (χ3v) is 6.98. The van der Waals surface area contributed by atoms with Gasteiger partial charge in [-0.05, 0) is 62.1 Å². The zero-order chi connectivity index (χ0) is 20.3. The van der Waals surface area contributed by atoms with Gasteiger partial charge < -0.3 is 10.6 Å². The van der Waals surface area contributed by atoms with Crippen LogP contribution in [-0.2, 0) is 0 Å². The van der Waals surface area contributed by atoms with Crippen molar-refractivity contribution >= 4 is 43.7 Å². The molecule has 1 saturated carbocycles. The summed E-state index contributed by atoms with van der Waals surface area (Å²) in [6.07, 6.45) is 3.82. The second-order valence-corrected chi connectivity index (χ2v) is 9.08. The van der Waals surface area contributed by atoms with Crippen LogP contribution in [0.4, 0.5) is 0 Å². The van der Waals surface area contributed by atoms with Crippen LogP contribution in [0.3, 0.4) is 0 Å². The van der Waals surface area contributed by atoms with E-state index in [1.807, 2.05) is 50.2 Å². The van der Waals surface area contributed by atoms with E-state index < -0.39 is 0 Å². The number of carbonyl (C=O) groups is 2. The zero-order valence-corrected chi connectivity index (χ0v) is 19.2. The van der Waals surface area contributed by atoms with E-state index in [1.54, 1.807) is 0 Å². The molecule has 0 radical (unpaired) electrons. The second kappa shape index (κ2) is 9.23. The standard InChI is InChI=1S/C22H24Br2N2O2/c1-13-7-9-15(11-17(13)23)21(27)25-19-5-3-4-6-20(19)26-22(28)16-10-8-14(2)18(24)12-16/h7-12,19-20H,3-6H2,1-2H3,(H,25,27)(H,26,28). The lowest BCUT2D eigenvalue weighted by Crippen LogP contribution is -2.53. The molecule has 0 heterocycles. The van der Waals surface area contributed by atoms with Gasteiger partial charge in [0.05, 0.1) is 0 Å². The van der Waals surface area contributed by atoms with Gasteiger partial charge in [0.15, 0.2) is 0 Å². The van der Waals surface area contributed by atoms with Crippen molar-refractivity contribution in [2.45, 2.75) is 51.6 Å². The van der Waals surface area contributed by atoms with E-state index in [9.17, 15) is 9.59 Å². The Morgan fingerprint density at radius 1 is 0.786 bits per heavy atom. The fraction of sp³-hybridized carbons (Fsp3) is 0.364. The molecule has 2 N–H and O–H groups in total.